The third kappa shape index (κ3) is 32.5. The van der Waals surface area contributed by atoms with Crippen LogP contribution in [0.15, 0.2) is 0 Å². The molecule has 3 unspecified atom stereocenters. The molecule has 0 bridgehead atoms. The average Bonchev–Trinajstić information content (AvgIpc) is 2.98. The highest BCUT2D eigenvalue weighted by atomic mass is 31.1. The molecule has 0 saturated heterocycles. The summed E-state index contributed by atoms with van der Waals surface area (Å²) in [5, 5.41) is 0. The summed E-state index contributed by atoms with van der Waals surface area (Å²) in [6, 6.07) is 0. The Hall–Kier alpha value is -0.750. The van der Waals surface area contributed by atoms with Crippen LogP contribution in [0.25, 0.3) is 0 Å². The molecule has 0 aliphatic heterocycles. The van der Waals surface area contributed by atoms with Gasteiger partial charge in [0.15, 0.2) is 15.1 Å². The van der Waals surface area contributed by atoms with Gasteiger partial charge in [-0.1, -0.05) is 143 Å². The van der Waals surface area contributed by atoms with E-state index in [9.17, 15) is 9.59 Å². The number of esters is 2. The van der Waals surface area contributed by atoms with Crippen molar-refractivity contribution in [2.75, 3.05) is 26.4 Å². The fourth-order valence-corrected chi connectivity index (χ4v) is 5.51. The van der Waals surface area contributed by atoms with E-state index in [-0.39, 0.29) is 34.2 Å². The zero-order valence-corrected chi connectivity index (χ0v) is 29.6. The van der Waals surface area contributed by atoms with Crippen molar-refractivity contribution in [3.8, 4) is 0 Å². The van der Waals surface area contributed by atoms with Crippen molar-refractivity contribution in [1.82, 2.24) is 0 Å². The lowest BCUT2D eigenvalue weighted by Gasteiger charge is -2.18. The van der Waals surface area contributed by atoms with E-state index in [0.29, 0.717) is 26.0 Å². The van der Waals surface area contributed by atoms with Gasteiger partial charge < -0.3 is 24.3 Å². The molecule has 256 valence electrons. The third-order valence-corrected chi connectivity index (χ3v) is 8.63. The van der Waals surface area contributed by atoms with Crippen molar-refractivity contribution in [2.45, 2.75) is 175 Å². The Balaban J connectivity index is 4.02. The Morgan fingerprint density at radius 2 is 1.12 bits per heavy atom. The molecule has 0 aromatic heterocycles. The number of hydrogen-bond donors (Lipinski definition) is 1. The predicted molar refractivity (Wildman–Crippen MR) is 181 cm³/mol. The van der Waals surface area contributed by atoms with Crippen molar-refractivity contribution in [3.05, 3.63) is 0 Å². The SMILES string of the molecule is CCC(C)CCCCCCCCCCC(=O)OCC(COPOCCN)OC(=O)CCCCCCCCCCCC(C)C. The number of carbonyl (C=O) groups excluding carboxylic acids is 2. The molecule has 0 radical (unpaired) electrons. The fraction of sp³-hybridized carbons (Fsp3) is 0.943. The largest absolute Gasteiger partial charge is 0.462 e. The van der Waals surface area contributed by atoms with Gasteiger partial charge in [0, 0.05) is 19.4 Å². The van der Waals surface area contributed by atoms with Gasteiger partial charge in [-0.25, -0.2) is 0 Å². The summed E-state index contributed by atoms with van der Waals surface area (Å²) in [6.07, 6.45) is 24.6. The Morgan fingerprint density at radius 3 is 1.63 bits per heavy atom. The Morgan fingerprint density at radius 1 is 0.628 bits per heavy atom. The standard InChI is InChI=1S/C35H70NO6P/c1-5-32(4)24-20-16-12-9-10-13-17-21-25-34(37)39-29-33(30-41-43-40-28-27-36)42-35(38)26-22-18-14-8-6-7-11-15-19-23-31(2)3/h31-33,43H,5-30,36H2,1-4H3. The van der Waals surface area contributed by atoms with Crippen LogP contribution in [0.3, 0.4) is 0 Å². The fourth-order valence-electron chi connectivity index (χ4n) is 4.97. The van der Waals surface area contributed by atoms with Crippen LogP contribution in [-0.2, 0) is 28.1 Å². The van der Waals surface area contributed by atoms with E-state index >= 15 is 0 Å². The summed E-state index contributed by atoms with van der Waals surface area (Å²) in [5.74, 6) is 1.16. The number of hydrogen-bond acceptors (Lipinski definition) is 7. The molecule has 0 aliphatic rings. The van der Waals surface area contributed by atoms with Crippen molar-refractivity contribution in [3.63, 3.8) is 0 Å². The van der Waals surface area contributed by atoms with Gasteiger partial charge in [-0.15, -0.1) is 0 Å². The number of rotatable bonds is 33. The van der Waals surface area contributed by atoms with Gasteiger partial charge in [-0.2, -0.15) is 0 Å². The normalized spacial score (nSPS) is 13.2. The van der Waals surface area contributed by atoms with Crippen LogP contribution in [0.4, 0.5) is 0 Å². The molecule has 0 heterocycles. The number of ether oxygens (including phenoxy) is 2. The predicted octanol–water partition coefficient (Wildman–Crippen LogP) is 9.84. The second kappa shape index (κ2) is 32.6. The monoisotopic (exact) mass is 631 g/mol. The highest BCUT2D eigenvalue weighted by Crippen LogP contribution is 2.17. The summed E-state index contributed by atoms with van der Waals surface area (Å²) in [5.41, 5.74) is 5.44. The summed E-state index contributed by atoms with van der Waals surface area (Å²) >= 11 is 0. The first-order valence-corrected chi connectivity index (χ1v) is 18.7. The van der Waals surface area contributed by atoms with E-state index in [0.717, 1.165) is 50.4 Å². The van der Waals surface area contributed by atoms with Gasteiger partial charge in [0.05, 0.1) is 13.2 Å². The maximum absolute atomic E-state index is 12.5. The summed E-state index contributed by atoms with van der Waals surface area (Å²) in [7, 11) is -0.188. The van der Waals surface area contributed by atoms with Crippen LogP contribution < -0.4 is 5.73 Å². The van der Waals surface area contributed by atoms with Crippen LogP contribution in [-0.4, -0.2) is 44.4 Å². The molecule has 0 aromatic rings. The van der Waals surface area contributed by atoms with Gasteiger partial charge in [-0.3, -0.25) is 9.59 Å². The summed E-state index contributed by atoms with van der Waals surface area (Å²) < 4.78 is 21.8. The van der Waals surface area contributed by atoms with E-state index in [1.807, 2.05) is 0 Å². The summed E-state index contributed by atoms with van der Waals surface area (Å²) in [6.45, 7) is 10.2. The highest BCUT2D eigenvalue weighted by Gasteiger charge is 2.18. The molecule has 0 aromatic carbocycles. The molecule has 8 heteroatoms. The highest BCUT2D eigenvalue weighted by molar-refractivity contribution is 7.26. The molecular formula is C35H70NO6P. The van der Waals surface area contributed by atoms with Crippen LogP contribution >= 0.6 is 9.03 Å². The van der Waals surface area contributed by atoms with Crippen molar-refractivity contribution < 1.29 is 28.1 Å². The molecule has 0 saturated carbocycles. The first kappa shape index (κ1) is 42.2. The first-order valence-electron chi connectivity index (χ1n) is 17.9. The van der Waals surface area contributed by atoms with Crippen LogP contribution in [0.2, 0.25) is 0 Å². The molecular weight excluding hydrogens is 561 g/mol. The topological polar surface area (TPSA) is 97.1 Å². The third-order valence-electron chi connectivity index (χ3n) is 8.02. The maximum atomic E-state index is 12.5. The summed E-state index contributed by atoms with van der Waals surface area (Å²) in [4.78, 5) is 24.7. The Labute approximate surface area is 267 Å². The lowest BCUT2D eigenvalue weighted by atomic mass is 9.99. The lowest BCUT2D eigenvalue weighted by Crippen LogP contribution is -2.29. The molecule has 0 rings (SSSR count). The van der Waals surface area contributed by atoms with Crippen molar-refractivity contribution in [1.29, 1.82) is 0 Å². The van der Waals surface area contributed by atoms with Gasteiger partial charge >= 0.3 is 11.9 Å². The number of nitrogens with two attached hydrogens (primary N) is 1. The quantitative estimate of drug-likeness (QED) is 0.0437. The molecule has 7 nitrogen and oxygen atoms in total. The van der Waals surface area contributed by atoms with Gasteiger partial charge in [0.25, 0.3) is 0 Å². The first-order chi connectivity index (χ1) is 20.9. The smallest absolute Gasteiger partial charge is 0.306 e. The van der Waals surface area contributed by atoms with Crippen LogP contribution in [0.1, 0.15) is 169 Å². The van der Waals surface area contributed by atoms with E-state index < -0.39 is 6.10 Å². The van der Waals surface area contributed by atoms with Gasteiger partial charge in [0.1, 0.15) is 6.61 Å². The van der Waals surface area contributed by atoms with E-state index in [1.54, 1.807) is 0 Å². The zero-order valence-electron chi connectivity index (χ0n) is 28.6. The Bertz CT molecular complexity index is 621. The molecule has 0 amide bonds. The molecule has 0 fully saturated rings. The maximum Gasteiger partial charge on any atom is 0.306 e. The van der Waals surface area contributed by atoms with E-state index in [1.165, 1.54) is 89.9 Å². The zero-order chi connectivity index (χ0) is 31.8. The molecule has 0 spiro atoms. The van der Waals surface area contributed by atoms with Crippen molar-refractivity contribution in [2.24, 2.45) is 17.6 Å². The number of unbranched alkanes of at least 4 members (excludes halogenated alkanes) is 15. The van der Waals surface area contributed by atoms with Gasteiger partial charge in [-0.05, 0) is 24.7 Å². The molecule has 43 heavy (non-hydrogen) atoms. The van der Waals surface area contributed by atoms with E-state index in [4.69, 9.17) is 24.3 Å². The second-order valence-corrected chi connectivity index (χ2v) is 13.6. The Kier molecular flexibility index (Phi) is 32.1. The lowest BCUT2D eigenvalue weighted by molar-refractivity contribution is -0.161. The van der Waals surface area contributed by atoms with E-state index in [2.05, 4.69) is 27.7 Å². The van der Waals surface area contributed by atoms with Gasteiger partial charge in [0.2, 0.25) is 0 Å². The minimum atomic E-state index is -0.624. The minimum Gasteiger partial charge on any atom is -0.462 e. The molecule has 3 atom stereocenters. The number of carbonyl (C=O) groups is 2. The molecule has 2 N–H and O–H groups in total. The van der Waals surface area contributed by atoms with Crippen molar-refractivity contribution >= 4 is 21.0 Å². The van der Waals surface area contributed by atoms with Crippen LogP contribution in [0, 0.1) is 11.8 Å². The molecule has 0 aliphatic carbocycles. The average molecular weight is 632 g/mol. The van der Waals surface area contributed by atoms with Crippen LogP contribution in [0.5, 0.6) is 0 Å². The minimum absolute atomic E-state index is 0.0136. The second-order valence-electron chi connectivity index (χ2n) is 12.8.